The summed E-state index contributed by atoms with van der Waals surface area (Å²) in [7, 11) is 0. The van der Waals surface area contributed by atoms with Gasteiger partial charge in [0.2, 0.25) is 5.91 Å². The van der Waals surface area contributed by atoms with E-state index in [2.05, 4.69) is 55.6 Å². The summed E-state index contributed by atoms with van der Waals surface area (Å²) in [5, 5.41) is 76.6. The molecule has 11 nitrogen and oxygen atoms in total. The molecule has 1 saturated heterocycles. The molecule has 1 aliphatic rings. The van der Waals surface area contributed by atoms with E-state index in [0.717, 1.165) is 38.5 Å². The molecule has 1 fully saturated rings. The molecule has 1 amide bonds. The maximum absolute atomic E-state index is 13.3. The van der Waals surface area contributed by atoms with Crippen molar-refractivity contribution in [3.8, 4) is 0 Å². The lowest BCUT2D eigenvalue weighted by Crippen LogP contribution is -2.60. The van der Waals surface area contributed by atoms with Crippen molar-refractivity contribution in [1.29, 1.82) is 0 Å². The molecule has 90 heavy (non-hydrogen) atoms. The van der Waals surface area contributed by atoms with Gasteiger partial charge in [0.15, 0.2) is 6.29 Å². The summed E-state index contributed by atoms with van der Waals surface area (Å²) in [5.41, 5.74) is 0. The Balaban J connectivity index is 2.17. The van der Waals surface area contributed by atoms with E-state index in [4.69, 9.17) is 9.47 Å². The summed E-state index contributed by atoms with van der Waals surface area (Å²) in [6, 6.07) is -1.19. The fourth-order valence-corrected chi connectivity index (χ4v) is 12.9. The average molecular weight is 1280 g/mol. The molecular formula is C79H151NO10. The second kappa shape index (κ2) is 67.3. The molecule has 0 aromatic carbocycles. The molecule has 1 heterocycles. The van der Waals surface area contributed by atoms with Crippen molar-refractivity contribution in [3.05, 3.63) is 36.5 Å². The summed E-state index contributed by atoms with van der Waals surface area (Å²) < 4.78 is 11.2. The predicted octanol–water partition coefficient (Wildman–Crippen LogP) is 20.1. The van der Waals surface area contributed by atoms with Gasteiger partial charge in [-0.3, -0.25) is 4.79 Å². The lowest BCUT2D eigenvalue weighted by atomic mass is 9.98. The number of unbranched alkanes of at least 4 members (excludes halogenated alkanes) is 52. The van der Waals surface area contributed by atoms with Crippen LogP contribution >= 0.6 is 0 Å². The number of nitrogens with one attached hydrogen (secondary N) is 1. The normalized spacial score (nSPS) is 18.6. The lowest BCUT2D eigenvalue weighted by molar-refractivity contribution is -0.303. The number of hydrogen-bond donors (Lipinski definition) is 8. The highest BCUT2D eigenvalue weighted by Gasteiger charge is 2.44. The van der Waals surface area contributed by atoms with Gasteiger partial charge in [0.05, 0.1) is 25.4 Å². The third kappa shape index (κ3) is 53.6. The molecule has 1 aliphatic heterocycles. The SMILES string of the molecule is CCCCCCCCCCCCCC/C=C\CCCCCCCCCCCCCCCCCCC(O)C(=O)NC(COC1OC(CO)C(O)C(O)C1O)C(O)C(O)CCC/C=C/CC/C=C/CCCCCCCCCCCCCCCCCCCCCCCC. The van der Waals surface area contributed by atoms with Crippen molar-refractivity contribution in [1.82, 2.24) is 5.32 Å². The topological polar surface area (TPSA) is 189 Å². The third-order valence-electron chi connectivity index (χ3n) is 19.1. The minimum absolute atomic E-state index is 0.248. The highest BCUT2D eigenvalue weighted by atomic mass is 16.7. The maximum atomic E-state index is 13.3. The quantitative estimate of drug-likeness (QED) is 0.0215. The Hall–Kier alpha value is -1.67. The Morgan fingerprint density at radius 2 is 0.667 bits per heavy atom. The van der Waals surface area contributed by atoms with Crippen LogP contribution in [0.25, 0.3) is 0 Å². The van der Waals surface area contributed by atoms with Gasteiger partial charge in [-0.05, 0) is 77.0 Å². The minimum Gasteiger partial charge on any atom is -0.394 e. The molecule has 0 saturated carbocycles. The Bertz CT molecular complexity index is 1560. The molecule has 8 N–H and O–H groups in total. The van der Waals surface area contributed by atoms with Crippen LogP contribution in [0, 0.1) is 0 Å². The molecular weight excluding hydrogens is 1120 g/mol. The van der Waals surface area contributed by atoms with E-state index >= 15 is 0 Å². The van der Waals surface area contributed by atoms with E-state index in [9.17, 15) is 40.5 Å². The highest BCUT2D eigenvalue weighted by molar-refractivity contribution is 5.80. The zero-order chi connectivity index (χ0) is 65.3. The van der Waals surface area contributed by atoms with Gasteiger partial charge in [0.25, 0.3) is 0 Å². The van der Waals surface area contributed by atoms with Crippen molar-refractivity contribution in [2.75, 3.05) is 13.2 Å². The fourth-order valence-electron chi connectivity index (χ4n) is 12.9. The molecule has 0 aromatic rings. The largest absolute Gasteiger partial charge is 0.394 e. The highest BCUT2D eigenvalue weighted by Crippen LogP contribution is 2.24. The molecule has 11 heteroatoms. The average Bonchev–Trinajstić information content (AvgIpc) is 1.35. The third-order valence-corrected chi connectivity index (χ3v) is 19.1. The maximum Gasteiger partial charge on any atom is 0.249 e. The first-order valence-corrected chi connectivity index (χ1v) is 39.4. The lowest BCUT2D eigenvalue weighted by Gasteiger charge is -2.40. The Morgan fingerprint density at radius 1 is 0.378 bits per heavy atom. The first-order chi connectivity index (χ1) is 44.2. The second-order valence-electron chi connectivity index (χ2n) is 27.8. The van der Waals surface area contributed by atoms with E-state index in [1.807, 2.05) is 0 Å². The Morgan fingerprint density at radius 3 is 0.989 bits per heavy atom. The molecule has 0 spiro atoms. The van der Waals surface area contributed by atoms with Gasteiger partial charge < -0.3 is 50.5 Å². The number of aliphatic hydroxyl groups is 7. The number of hydrogen-bond acceptors (Lipinski definition) is 10. The molecule has 0 radical (unpaired) electrons. The summed E-state index contributed by atoms with van der Waals surface area (Å²) in [4.78, 5) is 13.3. The van der Waals surface area contributed by atoms with Crippen LogP contribution in [-0.2, 0) is 14.3 Å². The molecule has 0 aromatic heterocycles. The summed E-state index contributed by atoms with van der Waals surface area (Å²) >= 11 is 0. The number of allylic oxidation sites excluding steroid dienone is 6. The summed E-state index contributed by atoms with van der Waals surface area (Å²) in [5.74, 6) is -0.704. The molecule has 1 rings (SSSR count). The van der Waals surface area contributed by atoms with Crippen LogP contribution in [-0.4, -0.2) is 110 Å². The number of rotatable bonds is 70. The molecule has 9 unspecified atom stereocenters. The standard InChI is InChI=1S/C79H151NO10/c1-3-5-7-9-11-13-15-17-19-21-23-25-27-29-31-33-35-37-39-41-43-45-47-49-51-53-55-57-59-61-63-65-67-72(83)78(88)80-70(69-89-79-77(87)76(86)75(85)73(68-81)90-79)74(84)71(82)66-64-62-60-58-56-54-52-50-48-46-44-42-40-38-36-34-32-30-28-26-24-22-20-18-16-14-12-10-8-6-4-2/h29,31,50,52,58,60,70-77,79,81-87H,3-28,30,32-49,51,53-57,59,61-69H2,1-2H3,(H,80,88)/b31-29-,52-50+,60-58+. The number of carbonyl (C=O) groups is 1. The Kier molecular flexibility index (Phi) is 64.6. The fraction of sp³-hybridized carbons (Fsp3) is 0.911. The minimum atomic E-state index is -1.67. The first-order valence-electron chi connectivity index (χ1n) is 39.4. The van der Waals surface area contributed by atoms with Crippen molar-refractivity contribution in [3.63, 3.8) is 0 Å². The predicted molar refractivity (Wildman–Crippen MR) is 381 cm³/mol. The van der Waals surface area contributed by atoms with Crippen molar-refractivity contribution < 1.29 is 50.0 Å². The van der Waals surface area contributed by atoms with Crippen molar-refractivity contribution in [2.45, 2.75) is 448 Å². The van der Waals surface area contributed by atoms with E-state index in [1.165, 1.54) is 308 Å². The van der Waals surface area contributed by atoms with Gasteiger partial charge >= 0.3 is 0 Å². The summed E-state index contributed by atoms with van der Waals surface area (Å²) in [6.07, 6.45) is 76.9. The summed E-state index contributed by atoms with van der Waals surface area (Å²) in [6.45, 7) is 3.51. The Labute approximate surface area is 556 Å². The van der Waals surface area contributed by atoms with E-state index in [0.29, 0.717) is 19.3 Å². The number of aliphatic hydroxyl groups excluding tert-OH is 7. The van der Waals surface area contributed by atoms with E-state index in [-0.39, 0.29) is 12.8 Å². The van der Waals surface area contributed by atoms with Gasteiger partial charge in [-0.2, -0.15) is 0 Å². The first kappa shape index (κ1) is 86.3. The monoisotopic (exact) mass is 1270 g/mol. The van der Waals surface area contributed by atoms with Gasteiger partial charge in [0.1, 0.15) is 36.6 Å². The van der Waals surface area contributed by atoms with Gasteiger partial charge in [0, 0.05) is 0 Å². The number of amides is 1. The molecule has 0 aliphatic carbocycles. The van der Waals surface area contributed by atoms with Crippen molar-refractivity contribution in [2.24, 2.45) is 0 Å². The molecule has 532 valence electrons. The van der Waals surface area contributed by atoms with Gasteiger partial charge in [-0.15, -0.1) is 0 Å². The van der Waals surface area contributed by atoms with Crippen LogP contribution in [0.3, 0.4) is 0 Å². The molecule has 0 bridgehead atoms. The number of carbonyl (C=O) groups excluding carboxylic acids is 1. The zero-order valence-corrected chi connectivity index (χ0v) is 59.1. The smallest absolute Gasteiger partial charge is 0.249 e. The van der Waals surface area contributed by atoms with Crippen LogP contribution in [0.15, 0.2) is 36.5 Å². The van der Waals surface area contributed by atoms with Crippen molar-refractivity contribution >= 4 is 5.91 Å². The second-order valence-corrected chi connectivity index (χ2v) is 27.8. The zero-order valence-electron chi connectivity index (χ0n) is 59.1. The van der Waals surface area contributed by atoms with Gasteiger partial charge in [-0.1, -0.05) is 352 Å². The van der Waals surface area contributed by atoms with Crippen LogP contribution < -0.4 is 5.32 Å². The van der Waals surface area contributed by atoms with Gasteiger partial charge in [-0.25, -0.2) is 0 Å². The van der Waals surface area contributed by atoms with Crippen LogP contribution in [0.1, 0.15) is 393 Å². The van der Waals surface area contributed by atoms with E-state index < -0.39 is 74.2 Å². The van der Waals surface area contributed by atoms with Crippen LogP contribution in [0.2, 0.25) is 0 Å². The van der Waals surface area contributed by atoms with Crippen LogP contribution in [0.5, 0.6) is 0 Å². The van der Waals surface area contributed by atoms with E-state index in [1.54, 1.807) is 0 Å². The van der Waals surface area contributed by atoms with Crippen LogP contribution in [0.4, 0.5) is 0 Å². The molecule has 9 atom stereocenters. The number of ether oxygens (including phenoxy) is 2.